The number of hydrogen-bond acceptors (Lipinski definition) is 3. The molecule has 1 heterocycles. The Balaban J connectivity index is 1.98. The minimum absolute atomic E-state index is 0.140. The molecule has 106 valence electrons. The van der Waals surface area contributed by atoms with Crippen LogP contribution in [0.4, 0.5) is 4.39 Å². The Labute approximate surface area is 114 Å². The highest BCUT2D eigenvalue weighted by Gasteiger charge is 2.32. The first kappa shape index (κ1) is 14.4. The molecule has 0 bridgehead atoms. The number of aliphatic hydroxyl groups excluding tert-OH is 1. The van der Waals surface area contributed by atoms with E-state index in [2.05, 4.69) is 9.80 Å². The second kappa shape index (κ2) is 6.46. The largest absolute Gasteiger partial charge is 0.396 e. The van der Waals surface area contributed by atoms with Gasteiger partial charge in [-0.3, -0.25) is 4.90 Å². The first-order valence-corrected chi connectivity index (χ1v) is 6.81. The first-order valence-electron chi connectivity index (χ1n) is 6.81. The van der Waals surface area contributed by atoms with E-state index in [1.165, 1.54) is 6.07 Å². The number of halogens is 1. The number of nitrogens with zero attached hydrogens (tertiary/aromatic N) is 2. The number of likely N-dealkylation sites (tertiary alicyclic amines) is 1. The van der Waals surface area contributed by atoms with Crippen LogP contribution < -0.4 is 0 Å². The lowest BCUT2D eigenvalue weighted by atomic mass is 9.97. The molecule has 3 nitrogen and oxygen atoms in total. The topological polar surface area (TPSA) is 26.7 Å². The molecule has 0 unspecified atom stereocenters. The van der Waals surface area contributed by atoms with Crippen LogP contribution in [-0.2, 0) is 6.54 Å². The fourth-order valence-electron chi connectivity index (χ4n) is 2.92. The van der Waals surface area contributed by atoms with Crippen LogP contribution in [0.2, 0.25) is 0 Å². The van der Waals surface area contributed by atoms with Gasteiger partial charge in [-0.05, 0) is 32.0 Å². The van der Waals surface area contributed by atoms with Crippen molar-refractivity contribution in [2.45, 2.75) is 6.54 Å². The van der Waals surface area contributed by atoms with Gasteiger partial charge in [0.05, 0.1) is 0 Å². The molecule has 1 N–H and O–H groups in total. The summed E-state index contributed by atoms with van der Waals surface area (Å²) in [6, 6.07) is 6.93. The molecule has 1 fully saturated rings. The number of benzene rings is 1. The fraction of sp³-hybridized carbons (Fsp3) is 0.600. The van der Waals surface area contributed by atoms with Gasteiger partial charge in [0.25, 0.3) is 0 Å². The van der Waals surface area contributed by atoms with Crippen LogP contribution in [0.5, 0.6) is 0 Å². The lowest BCUT2D eigenvalue weighted by Crippen LogP contribution is -2.28. The minimum atomic E-state index is -0.140. The highest BCUT2D eigenvalue weighted by atomic mass is 19.1. The van der Waals surface area contributed by atoms with Crippen molar-refractivity contribution < 1.29 is 9.50 Å². The van der Waals surface area contributed by atoms with Crippen molar-refractivity contribution in [1.82, 2.24) is 9.80 Å². The number of aliphatic hydroxyl groups is 1. The van der Waals surface area contributed by atoms with Crippen LogP contribution in [0.15, 0.2) is 24.3 Å². The SMILES string of the molecule is CN(C)C[C@@H]1CN(Cc2ccccc2F)C[C@@H]1CO. The van der Waals surface area contributed by atoms with E-state index in [-0.39, 0.29) is 12.4 Å². The van der Waals surface area contributed by atoms with Gasteiger partial charge in [-0.15, -0.1) is 0 Å². The summed E-state index contributed by atoms with van der Waals surface area (Å²) in [7, 11) is 4.10. The molecule has 0 spiro atoms. The Morgan fingerprint density at radius 2 is 1.95 bits per heavy atom. The fourth-order valence-corrected chi connectivity index (χ4v) is 2.92. The second-order valence-electron chi connectivity index (χ2n) is 5.75. The average Bonchev–Trinajstić information content (AvgIpc) is 2.73. The van der Waals surface area contributed by atoms with E-state index >= 15 is 0 Å². The number of hydrogen-bond donors (Lipinski definition) is 1. The van der Waals surface area contributed by atoms with Crippen LogP contribution in [0.3, 0.4) is 0 Å². The summed E-state index contributed by atoms with van der Waals surface area (Å²) in [5.74, 6) is 0.625. The van der Waals surface area contributed by atoms with E-state index in [0.717, 1.165) is 25.2 Å². The molecule has 1 saturated heterocycles. The molecule has 2 atom stereocenters. The van der Waals surface area contributed by atoms with Crippen molar-refractivity contribution in [2.24, 2.45) is 11.8 Å². The maximum absolute atomic E-state index is 13.6. The van der Waals surface area contributed by atoms with Gasteiger partial charge < -0.3 is 10.0 Å². The maximum atomic E-state index is 13.6. The van der Waals surface area contributed by atoms with Crippen LogP contribution in [0.1, 0.15) is 5.56 Å². The molecule has 0 radical (unpaired) electrons. The predicted molar refractivity (Wildman–Crippen MR) is 74.3 cm³/mol. The third-order valence-corrected chi connectivity index (χ3v) is 3.84. The molecule has 1 aromatic carbocycles. The molecule has 4 heteroatoms. The summed E-state index contributed by atoms with van der Waals surface area (Å²) in [5.41, 5.74) is 0.740. The van der Waals surface area contributed by atoms with E-state index in [0.29, 0.717) is 18.4 Å². The van der Waals surface area contributed by atoms with Gasteiger partial charge in [0, 0.05) is 38.3 Å². The summed E-state index contributed by atoms with van der Waals surface area (Å²) in [6.45, 7) is 3.60. The molecule has 0 aromatic heterocycles. The molecule has 1 aliphatic rings. The third kappa shape index (κ3) is 3.75. The van der Waals surface area contributed by atoms with Crippen LogP contribution in [-0.4, -0.2) is 55.2 Å². The van der Waals surface area contributed by atoms with Crippen molar-refractivity contribution >= 4 is 0 Å². The predicted octanol–water partition coefficient (Wildman–Crippen LogP) is 1.43. The quantitative estimate of drug-likeness (QED) is 0.873. The molecule has 0 amide bonds. The van der Waals surface area contributed by atoms with Gasteiger partial charge in [-0.1, -0.05) is 18.2 Å². The lowest BCUT2D eigenvalue weighted by molar-refractivity contribution is 0.183. The summed E-state index contributed by atoms with van der Waals surface area (Å²) in [5, 5.41) is 9.47. The zero-order valence-corrected chi connectivity index (χ0v) is 11.7. The lowest BCUT2D eigenvalue weighted by Gasteiger charge is -2.20. The molecular weight excluding hydrogens is 243 g/mol. The van der Waals surface area contributed by atoms with Gasteiger partial charge >= 0.3 is 0 Å². The molecule has 0 aliphatic carbocycles. The van der Waals surface area contributed by atoms with Gasteiger partial charge in [0.2, 0.25) is 0 Å². The third-order valence-electron chi connectivity index (χ3n) is 3.84. The van der Waals surface area contributed by atoms with Crippen molar-refractivity contribution in [3.63, 3.8) is 0 Å². The van der Waals surface area contributed by atoms with Crippen molar-refractivity contribution in [3.05, 3.63) is 35.6 Å². The summed E-state index contributed by atoms with van der Waals surface area (Å²) >= 11 is 0. The van der Waals surface area contributed by atoms with Crippen molar-refractivity contribution in [3.8, 4) is 0 Å². The monoisotopic (exact) mass is 266 g/mol. The Morgan fingerprint density at radius 1 is 1.26 bits per heavy atom. The molecule has 2 rings (SSSR count). The second-order valence-corrected chi connectivity index (χ2v) is 5.75. The Hall–Kier alpha value is -0.970. The molecule has 1 aromatic rings. The molecule has 1 aliphatic heterocycles. The number of rotatable bonds is 5. The Bertz CT molecular complexity index is 411. The Kier molecular flexibility index (Phi) is 4.91. The zero-order valence-electron chi connectivity index (χ0n) is 11.7. The average molecular weight is 266 g/mol. The van der Waals surface area contributed by atoms with Crippen LogP contribution in [0, 0.1) is 17.7 Å². The van der Waals surface area contributed by atoms with Gasteiger partial charge in [0.1, 0.15) is 5.82 Å². The molecule has 0 saturated carbocycles. The van der Waals surface area contributed by atoms with Gasteiger partial charge in [0.15, 0.2) is 0 Å². The van der Waals surface area contributed by atoms with Crippen LogP contribution in [0.25, 0.3) is 0 Å². The van der Waals surface area contributed by atoms with E-state index in [1.54, 1.807) is 6.07 Å². The summed E-state index contributed by atoms with van der Waals surface area (Å²) in [4.78, 5) is 4.40. The molecule has 19 heavy (non-hydrogen) atoms. The van der Waals surface area contributed by atoms with Crippen molar-refractivity contribution in [2.75, 3.05) is 40.3 Å². The zero-order chi connectivity index (χ0) is 13.8. The smallest absolute Gasteiger partial charge is 0.127 e. The highest BCUT2D eigenvalue weighted by Crippen LogP contribution is 2.25. The van der Waals surface area contributed by atoms with E-state index in [9.17, 15) is 9.50 Å². The summed E-state index contributed by atoms with van der Waals surface area (Å²) in [6.07, 6.45) is 0. The van der Waals surface area contributed by atoms with E-state index in [4.69, 9.17) is 0 Å². The normalized spacial score (nSPS) is 24.3. The highest BCUT2D eigenvalue weighted by molar-refractivity contribution is 5.17. The summed E-state index contributed by atoms with van der Waals surface area (Å²) < 4.78 is 13.6. The van der Waals surface area contributed by atoms with Crippen LogP contribution >= 0.6 is 0 Å². The van der Waals surface area contributed by atoms with E-state index < -0.39 is 0 Å². The van der Waals surface area contributed by atoms with Gasteiger partial charge in [-0.25, -0.2) is 4.39 Å². The van der Waals surface area contributed by atoms with E-state index in [1.807, 2.05) is 26.2 Å². The Morgan fingerprint density at radius 3 is 2.58 bits per heavy atom. The van der Waals surface area contributed by atoms with Gasteiger partial charge in [-0.2, -0.15) is 0 Å². The molecular formula is C15H23FN2O. The standard InChI is InChI=1S/C15H23FN2O/c1-17(2)7-13-9-18(10-14(13)11-19)8-12-5-3-4-6-15(12)16/h3-6,13-14,19H,7-11H2,1-2H3/t13-,14-/m1/s1. The van der Waals surface area contributed by atoms with Crippen molar-refractivity contribution in [1.29, 1.82) is 0 Å². The first-order chi connectivity index (χ1) is 9.10. The minimum Gasteiger partial charge on any atom is -0.396 e. The maximum Gasteiger partial charge on any atom is 0.127 e.